The smallest absolute Gasteiger partial charge is 0.162 e. The molecule has 2 aromatic rings. The SMILES string of the molecule is CCCc1ccc(C2CCC(COc3ccc(CC)c(F)c3)CC2)c(F)c1F. The third-order valence-corrected chi connectivity index (χ3v) is 5.89. The second-order valence-corrected chi connectivity index (χ2v) is 7.83. The molecule has 0 unspecified atom stereocenters. The molecule has 0 heterocycles. The summed E-state index contributed by atoms with van der Waals surface area (Å²) >= 11 is 0. The van der Waals surface area contributed by atoms with Crippen molar-refractivity contribution in [1.82, 2.24) is 0 Å². The van der Waals surface area contributed by atoms with Crippen LogP contribution in [0.2, 0.25) is 0 Å². The van der Waals surface area contributed by atoms with Crippen LogP contribution in [0.5, 0.6) is 5.75 Å². The molecule has 1 nitrogen and oxygen atoms in total. The fraction of sp³-hybridized carbons (Fsp3) is 0.500. The summed E-state index contributed by atoms with van der Waals surface area (Å²) in [7, 11) is 0. The Hall–Kier alpha value is -1.97. The van der Waals surface area contributed by atoms with E-state index in [4.69, 9.17) is 4.74 Å². The highest BCUT2D eigenvalue weighted by molar-refractivity contribution is 5.30. The van der Waals surface area contributed by atoms with E-state index in [1.807, 2.05) is 19.9 Å². The zero-order chi connectivity index (χ0) is 20.1. The van der Waals surface area contributed by atoms with Gasteiger partial charge in [0, 0.05) is 6.07 Å². The highest BCUT2D eigenvalue weighted by Gasteiger charge is 2.26. The van der Waals surface area contributed by atoms with E-state index in [0.717, 1.165) is 32.1 Å². The van der Waals surface area contributed by atoms with Gasteiger partial charge in [0.25, 0.3) is 0 Å². The maximum Gasteiger partial charge on any atom is 0.162 e. The van der Waals surface area contributed by atoms with Crippen molar-refractivity contribution in [2.45, 2.75) is 64.7 Å². The molecule has 3 rings (SSSR count). The van der Waals surface area contributed by atoms with Crippen molar-refractivity contribution >= 4 is 0 Å². The second-order valence-electron chi connectivity index (χ2n) is 7.83. The molecule has 0 spiro atoms. The Kier molecular flexibility index (Phi) is 7.03. The quantitative estimate of drug-likeness (QED) is 0.496. The maximum absolute atomic E-state index is 14.5. The van der Waals surface area contributed by atoms with Crippen LogP contribution in [0.25, 0.3) is 0 Å². The van der Waals surface area contributed by atoms with Gasteiger partial charge in [-0.05, 0) is 73.1 Å². The molecule has 0 N–H and O–H groups in total. The van der Waals surface area contributed by atoms with E-state index in [1.165, 1.54) is 6.07 Å². The van der Waals surface area contributed by atoms with Crippen LogP contribution in [-0.4, -0.2) is 6.61 Å². The van der Waals surface area contributed by atoms with Gasteiger partial charge in [-0.15, -0.1) is 0 Å². The molecule has 0 amide bonds. The van der Waals surface area contributed by atoms with Gasteiger partial charge < -0.3 is 4.74 Å². The number of benzene rings is 2. The standard InChI is InChI=1S/C24H29F3O/c1-3-5-19-11-13-21(24(27)23(19)26)18-8-6-16(7-9-18)15-28-20-12-10-17(4-2)22(25)14-20/h10-14,16,18H,3-9,15H2,1-2H3. The number of halogens is 3. The van der Waals surface area contributed by atoms with Crippen molar-refractivity contribution in [2.24, 2.45) is 5.92 Å². The van der Waals surface area contributed by atoms with Gasteiger partial charge in [0.2, 0.25) is 0 Å². The molecule has 0 saturated heterocycles. The first-order valence-corrected chi connectivity index (χ1v) is 10.4. The molecule has 4 heteroatoms. The second kappa shape index (κ2) is 9.49. The lowest BCUT2D eigenvalue weighted by atomic mass is 9.78. The van der Waals surface area contributed by atoms with Gasteiger partial charge >= 0.3 is 0 Å². The third kappa shape index (κ3) is 4.71. The molecule has 1 aliphatic rings. The highest BCUT2D eigenvalue weighted by atomic mass is 19.2. The normalized spacial score (nSPS) is 19.6. The average molecular weight is 390 g/mol. The average Bonchev–Trinajstić information content (AvgIpc) is 2.71. The first-order chi connectivity index (χ1) is 13.5. The van der Waals surface area contributed by atoms with Gasteiger partial charge in [0.1, 0.15) is 11.6 Å². The number of rotatable bonds is 7. The predicted molar refractivity (Wildman–Crippen MR) is 106 cm³/mol. The van der Waals surface area contributed by atoms with Crippen LogP contribution in [0.4, 0.5) is 13.2 Å². The molecule has 28 heavy (non-hydrogen) atoms. The largest absolute Gasteiger partial charge is 0.493 e. The van der Waals surface area contributed by atoms with Gasteiger partial charge in [-0.3, -0.25) is 0 Å². The Morgan fingerprint density at radius 2 is 1.61 bits per heavy atom. The molecule has 1 saturated carbocycles. The third-order valence-electron chi connectivity index (χ3n) is 5.89. The van der Waals surface area contributed by atoms with E-state index in [9.17, 15) is 13.2 Å². The highest BCUT2D eigenvalue weighted by Crippen LogP contribution is 2.38. The van der Waals surface area contributed by atoms with Gasteiger partial charge in [0.05, 0.1) is 6.61 Å². The van der Waals surface area contributed by atoms with Crippen LogP contribution in [0.1, 0.15) is 68.6 Å². The van der Waals surface area contributed by atoms with Crippen molar-refractivity contribution in [3.8, 4) is 5.75 Å². The Balaban J connectivity index is 1.55. The first kappa shape index (κ1) is 20.8. The number of hydrogen-bond acceptors (Lipinski definition) is 1. The van der Waals surface area contributed by atoms with E-state index in [1.54, 1.807) is 18.2 Å². The van der Waals surface area contributed by atoms with Crippen LogP contribution in [-0.2, 0) is 12.8 Å². The number of ether oxygens (including phenoxy) is 1. The summed E-state index contributed by atoms with van der Waals surface area (Å²) in [5.74, 6) is -0.608. The molecule has 0 radical (unpaired) electrons. The predicted octanol–water partition coefficient (Wildman–Crippen LogP) is 6.97. The Bertz CT molecular complexity index is 795. The molecular formula is C24H29F3O. The van der Waals surface area contributed by atoms with E-state index in [2.05, 4.69) is 0 Å². The van der Waals surface area contributed by atoms with Gasteiger partial charge in [-0.2, -0.15) is 0 Å². The Labute approximate surface area is 165 Å². The molecule has 0 aromatic heterocycles. The van der Waals surface area contributed by atoms with Crippen molar-refractivity contribution in [1.29, 1.82) is 0 Å². The lowest BCUT2D eigenvalue weighted by Gasteiger charge is -2.29. The van der Waals surface area contributed by atoms with Gasteiger partial charge in [-0.1, -0.05) is 38.5 Å². The molecule has 0 aliphatic heterocycles. The molecule has 1 fully saturated rings. The van der Waals surface area contributed by atoms with Crippen LogP contribution in [0, 0.1) is 23.4 Å². The van der Waals surface area contributed by atoms with Crippen LogP contribution < -0.4 is 4.74 Å². The number of aryl methyl sites for hydroxylation is 2. The summed E-state index contributed by atoms with van der Waals surface area (Å²) in [5, 5.41) is 0. The molecule has 0 bridgehead atoms. The van der Waals surface area contributed by atoms with Crippen molar-refractivity contribution in [3.63, 3.8) is 0 Å². The summed E-state index contributed by atoms with van der Waals surface area (Å²) in [4.78, 5) is 0. The van der Waals surface area contributed by atoms with Gasteiger partial charge in [-0.25, -0.2) is 13.2 Å². The zero-order valence-electron chi connectivity index (χ0n) is 16.7. The molecule has 152 valence electrons. The monoisotopic (exact) mass is 390 g/mol. The minimum atomic E-state index is -0.678. The van der Waals surface area contributed by atoms with Crippen LogP contribution in [0.15, 0.2) is 30.3 Å². The fourth-order valence-electron chi connectivity index (χ4n) is 4.14. The van der Waals surface area contributed by atoms with Crippen molar-refractivity contribution in [2.75, 3.05) is 6.61 Å². The van der Waals surface area contributed by atoms with E-state index in [0.29, 0.717) is 47.8 Å². The molecular weight excluding hydrogens is 361 g/mol. The fourth-order valence-corrected chi connectivity index (χ4v) is 4.14. The minimum absolute atomic E-state index is 0.0581. The van der Waals surface area contributed by atoms with Crippen LogP contribution >= 0.6 is 0 Å². The summed E-state index contributed by atoms with van der Waals surface area (Å²) in [5.41, 5.74) is 1.66. The maximum atomic E-state index is 14.5. The molecule has 1 aliphatic carbocycles. The zero-order valence-corrected chi connectivity index (χ0v) is 16.7. The summed E-state index contributed by atoms with van der Waals surface area (Å²) in [6.07, 6.45) is 5.46. The van der Waals surface area contributed by atoms with E-state index in [-0.39, 0.29) is 11.7 Å². The van der Waals surface area contributed by atoms with E-state index >= 15 is 0 Å². The lowest BCUT2D eigenvalue weighted by molar-refractivity contribution is 0.198. The Morgan fingerprint density at radius 1 is 0.893 bits per heavy atom. The van der Waals surface area contributed by atoms with Crippen molar-refractivity contribution in [3.05, 3.63) is 64.5 Å². The number of hydrogen-bond donors (Lipinski definition) is 0. The topological polar surface area (TPSA) is 9.23 Å². The van der Waals surface area contributed by atoms with Crippen LogP contribution in [0.3, 0.4) is 0 Å². The first-order valence-electron chi connectivity index (χ1n) is 10.4. The summed E-state index contributed by atoms with van der Waals surface area (Å²) in [6.45, 7) is 4.41. The van der Waals surface area contributed by atoms with Gasteiger partial charge in [0.15, 0.2) is 11.6 Å². The summed E-state index contributed by atoms with van der Waals surface area (Å²) < 4.78 is 48.4. The van der Waals surface area contributed by atoms with Crippen molar-refractivity contribution < 1.29 is 17.9 Å². The van der Waals surface area contributed by atoms with E-state index < -0.39 is 11.6 Å². The summed E-state index contributed by atoms with van der Waals surface area (Å²) in [6, 6.07) is 8.52. The Morgan fingerprint density at radius 3 is 2.25 bits per heavy atom. The minimum Gasteiger partial charge on any atom is -0.493 e. The lowest BCUT2D eigenvalue weighted by Crippen LogP contribution is -2.20. The molecule has 2 aromatic carbocycles. The molecule has 0 atom stereocenters.